The lowest BCUT2D eigenvalue weighted by atomic mass is 10.1. The van der Waals surface area contributed by atoms with E-state index in [1.54, 1.807) is 13.8 Å². The molecule has 1 amide bonds. The summed E-state index contributed by atoms with van der Waals surface area (Å²) in [4.78, 5) is 11.4. The molecule has 0 aliphatic heterocycles. The number of nitrogens with two attached hydrogens (primary N) is 1. The maximum Gasteiger partial charge on any atom is 0.232 e. The van der Waals surface area contributed by atoms with Crippen LogP contribution in [0, 0.1) is 0 Å². The molecule has 0 heterocycles. The van der Waals surface area contributed by atoms with Crippen LogP contribution < -0.4 is 11.1 Å². The molecular formula is C10H22N2O2S. The van der Waals surface area contributed by atoms with Crippen molar-refractivity contribution in [2.24, 2.45) is 5.73 Å². The fourth-order valence-electron chi connectivity index (χ4n) is 1.03. The Morgan fingerprint density at radius 3 is 2.47 bits per heavy atom. The highest BCUT2D eigenvalue weighted by Crippen LogP contribution is 2.00. The summed E-state index contributed by atoms with van der Waals surface area (Å²) in [5.74, 6) is 0.234. The van der Waals surface area contributed by atoms with Crippen molar-refractivity contribution in [2.45, 2.75) is 45.7 Å². The first-order valence-electron chi connectivity index (χ1n) is 5.18. The van der Waals surface area contributed by atoms with E-state index in [1.165, 1.54) is 0 Å². The molecule has 4 nitrogen and oxygen atoms in total. The second-order valence-electron chi connectivity index (χ2n) is 4.59. The molecule has 0 aromatic rings. The number of hydrogen-bond donors (Lipinski definition) is 2. The summed E-state index contributed by atoms with van der Waals surface area (Å²) in [6.45, 7) is 7.52. The van der Waals surface area contributed by atoms with Crippen molar-refractivity contribution in [3.05, 3.63) is 0 Å². The third kappa shape index (κ3) is 8.57. The summed E-state index contributed by atoms with van der Waals surface area (Å²) in [7, 11) is -1.18. The fraction of sp³-hybridized carbons (Fsp3) is 0.900. The summed E-state index contributed by atoms with van der Waals surface area (Å²) in [6.07, 6.45) is 0.876. The Bertz CT molecular complexity index is 236. The SMILES string of the molecule is CCC(C)NC(=O)CS(=O)CC(C)(C)N. The van der Waals surface area contributed by atoms with E-state index in [1.807, 2.05) is 13.8 Å². The second kappa shape index (κ2) is 6.23. The Hall–Kier alpha value is -0.420. The number of carbonyl (C=O) groups excluding carboxylic acids is 1. The van der Waals surface area contributed by atoms with E-state index >= 15 is 0 Å². The normalized spacial score (nSPS) is 15.8. The van der Waals surface area contributed by atoms with Gasteiger partial charge in [-0.15, -0.1) is 0 Å². The van der Waals surface area contributed by atoms with Gasteiger partial charge in [-0.25, -0.2) is 0 Å². The number of carbonyl (C=O) groups is 1. The second-order valence-corrected chi connectivity index (χ2v) is 6.05. The van der Waals surface area contributed by atoms with Crippen molar-refractivity contribution in [3.8, 4) is 0 Å². The zero-order valence-electron chi connectivity index (χ0n) is 10.0. The summed E-state index contributed by atoms with van der Waals surface area (Å²) in [6, 6.07) is 0.139. The Balaban J connectivity index is 3.92. The van der Waals surface area contributed by atoms with E-state index in [2.05, 4.69) is 5.32 Å². The van der Waals surface area contributed by atoms with Crippen LogP contribution in [-0.2, 0) is 15.6 Å². The molecule has 0 aliphatic carbocycles. The maximum absolute atomic E-state index is 11.5. The molecule has 90 valence electrons. The Morgan fingerprint density at radius 1 is 1.53 bits per heavy atom. The molecule has 0 aromatic heterocycles. The lowest BCUT2D eigenvalue weighted by Crippen LogP contribution is -2.41. The van der Waals surface area contributed by atoms with Gasteiger partial charge >= 0.3 is 0 Å². The Morgan fingerprint density at radius 2 is 2.07 bits per heavy atom. The van der Waals surface area contributed by atoms with Gasteiger partial charge in [0, 0.05) is 28.1 Å². The van der Waals surface area contributed by atoms with Crippen LogP contribution >= 0.6 is 0 Å². The molecule has 15 heavy (non-hydrogen) atoms. The van der Waals surface area contributed by atoms with Crippen LogP contribution in [0.25, 0.3) is 0 Å². The van der Waals surface area contributed by atoms with Gasteiger partial charge in [0.1, 0.15) is 5.75 Å². The average Bonchev–Trinajstić information content (AvgIpc) is 1.99. The molecule has 0 saturated carbocycles. The van der Waals surface area contributed by atoms with Crippen LogP contribution in [0.5, 0.6) is 0 Å². The third-order valence-corrected chi connectivity index (χ3v) is 3.49. The van der Waals surface area contributed by atoms with Crippen molar-refractivity contribution >= 4 is 16.7 Å². The van der Waals surface area contributed by atoms with Gasteiger partial charge in [0.15, 0.2) is 0 Å². The van der Waals surface area contributed by atoms with Gasteiger partial charge in [0.25, 0.3) is 0 Å². The molecular weight excluding hydrogens is 212 g/mol. The van der Waals surface area contributed by atoms with Crippen molar-refractivity contribution in [3.63, 3.8) is 0 Å². The smallest absolute Gasteiger partial charge is 0.232 e. The van der Waals surface area contributed by atoms with Gasteiger partial charge in [-0.05, 0) is 27.2 Å². The molecule has 2 unspecified atom stereocenters. The first-order valence-corrected chi connectivity index (χ1v) is 6.66. The van der Waals surface area contributed by atoms with E-state index in [9.17, 15) is 9.00 Å². The molecule has 0 aromatic carbocycles. The topological polar surface area (TPSA) is 72.2 Å². The standard InChI is InChI=1S/C10H22N2O2S/c1-5-8(2)12-9(13)6-15(14)7-10(3,4)11/h8H,5-7,11H2,1-4H3,(H,12,13). The lowest BCUT2D eigenvalue weighted by molar-refractivity contribution is -0.119. The summed E-state index contributed by atoms with van der Waals surface area (Å²) in [5.41, 5.74) is 5.23. The van der Waals surface area contributed by atoms with Gasteiger partial charge in [0.05, 0.1) is 0 Å². The molecule has 5 heteroatoms. The van der Waals surface area contributed by atoms with Gasteiger partial charge in [-0.1, -0.05) is 6.92 Å². The number of nitrogens with one attached hydrogen (secondary N) is 1. The summed E-state index contributed by atoms with van der Waals surface area (Å²) in [5, 5.41) is 2.77. The lowest BCUT2D eigenvalue weighted by Gasteiger charge is -2.17. The third-order valence-electron chi connectivity index (χ3n) is 1.84. The molecule has 0 rings (SSSR count). The predicted octanol–water partition coefficient (Wildman–Crippen LogP) is 0.387. The van der Waals surface area contributed by atoms with Crippen LogP contribution in [-0.4, -0.2) is 33.2 Å². The van der Waals surface area contributed by atoms with Gasteiger partial charge in [-0.3, -0.25) is 9.00 Å². The summed E-state index contributed by atoms with van der Waals surface area (Å²) >= 11 is 0. The minimum absolute atomic E-state index is 0.0466. The van der Waals surface area contributed by atoms with Crippen LogP contribution in [0.15, 0.2) is 0 Å². The van der Waals surface area contributed by atoms with E-state index in [4.69, 9.17) is 5.73 Å². The monoisotopic (exact) mass is 234 g/mol. The molecule has 0 fully saturated rings. The molecule has 3 N–H and O–H groups in total. The van der Waals surface area contributed by atoms with Crippen LogP contribution in [0.2, 0.25) is 0 Å². The highest BCUT2D eigenvalue weighted by Gasteiger charge is 2.17. The molecule has 0 bridgehead atoms. The Kier molecular flexibility index (Phi) is 6.05. The summed E-state index contributed by atoms with van der Waals surface area (Å²) < 4.78 is 11.5. The first kappa shape index (κ1) is 14.6. The van der Waals surface area contributed by atoms with E-state index < -0.39 is 16.3 Å². The zero-order valence-corrected chi connectivity index (χ0v) is 10.8. The molecule has 0 spiro atoms. The van der Waals surface area contributed by atoms with Crippen molar-refractivity contribution in [1.82, 2.24) is 5.32 Å². The first-order chi connectivity index (χ1) is 6.74. The highest BCUT2D eigenvalue weighted by atomic mass is 32.2. The minimum Gasteiger partial charge on any atom is -0.353 e. The highest BCUT2D eigenvalue weighted by molar-refractivity contribution is 7.85. The molecule has 2 atom stereocenters. The van der Waals surface area contributed by atoms with Gasteiger partial charge in [-0.2, -0.15) is 0 Å². The minimum atomic E-state index is -1.18. The van der Waals surface area contributed by atoms with Crippen LogP contribution in [0.3, 0.4) is 0 Å². The predicted molar refractivity (Wildman–Crippen MR) is 64.0 cm³/mol. The molecule has 0 aliphatic rings. The van der Waals surface area contributed by atoms with Gasteiger partial charge < -0.3 is 11.1 Å². The van der Waals surface area contributed by atoms with E-state index in [-0.39, 0.29) is 17.7 Å². The maximum atomic E-state index is 11.5. The quantitative estimate of drug-likeness (QED) is 0.698. The van der Waals surface area contributed by atoms with Crippen LogP contribution in [0.4, 0.5) is 0 Å². The number of amides is 1. The Labute approximate surface area is 94.4 Å². The molecule has 0 radical (unpaired) electrons. The van der Waals surface area contributed by atoms with Crippen molar-refractivity contribution < 1.29 is 9.00 Å². The van der Waals surface area contributed by atoms with Crippen LogP contribution in [0.1, 0.15) is 34.1 Å². The number of hydrogen-bond acceptors (Lipinski definition) is 3. The van der Waals surface area contributed by atoms with E-state index in [0.717, 1.165) is 6.42 Å². The van der Waals surface area contributed by atoms with E-state index in [0.29, 0.717) is 5.75 Å². The largest absolute Gasteiger partial charge is 0.353 e. The molecule has 0 saturated heterocycles. The van der Waals surface area contributed by atoms with Crippen molar-refractivity contribution in [2.75, 3.05) is 11.5 Å². The van der Waals surface area contributed by atoms with Crippen molar-refractivity contribution in [1.29, 1.82) is 0 Å². The van der Waals surface area contributed by atoms with Gasteiger partial charge in [0.2, 0.25) is 5.91 Å². The fourth-order valence-corrected chi connectivity index (χ4v) is 2.34. The zero-order chi connectivity index (χ0) is 12.1. The number of rotatable bonds is 6. The average molecular weight is 234 g/mol.